The van der Waals surface area contributed by atoms with E-state index in [-0.39, 0.29) is 17.6 Å². The van der Waals surface area contributed by atoms with Gasteiger partial charge in [-0.15, -0.1) is 0 Å². The van der Waals surface area contributed by atoms with Crippen molar-refractivity contribution in [3.63, 3.8) is 0 Å². The van der Waals surface area contributed by atoms with Crippen molar-refractivity contribution >= 4 is 5.57 Å². The summed E-state index contributed by atoms with van der Waals surface area (Å²) in [6.45, 7) is 9.16. The first kappa shape index (κ1) is 9.91. The van der Waals surface area contributed by atoms with E-state index in [0.29, 0.717) is 6.61 Å². The van der Waals surface area contributed by atoms with Crippen molar-refractivity contribution in [3.05, 3.63) is 36.4 Å². The minimum Gasteiger partial charge on any atom is -0.492 e. The molecule has 2 nitrogen and oxygen atoms in total. The maximum atomic E-state index is 5.85. The monoisotopic (exact) mass is 216 g/mol. The Bertz CT molecular complexity index is 442. The molecule has 2 heteroatoms. The third-order valence-corrected chi connectivity index (χ3v) is 4.10. The van der Waals surface area contributed by atoms with Crippen LogP contribution in [0.3, 0.4) is 0 Å². The molecule has 1 fully saturated rings. The molecule has 84 valence electrons. The van der Waals surface area contributed by atoms with Gasteiger partial charge in [0.2, 0.25) is 0 Å². The van der Waals surface area contributed by atoms with Crippen molar-refractivity contribution in [2.45, 2.75) is 26.1 Å². The van der Waals surface area contributed by atoms with Gasteiger partial charge < -0.3 is 9.47 Å². The number of para-hydroxylation sites is 1. The highest BCUT2D eigenvalue weighted by molar-refractivity contribution is 5.76. The van der Waals surface area contributed by atoms with E-state index >= 15 is 0 Å². The van der Waals surface area contributed by atoms with Crippen molar-refractivity contribution in [2.24, 2.45) is 5.41 Å². The van der Waals surface area contributed by atoms with Crippen molar-refractivity contribution in [1.29, 1.82) is 0 Å². The predicted octanol–water partition coefficient (Wildman–Crippen LogP) is 2.89. The van der Waals surface area contributed by atoms with E-state index < -0.39 is 0 Å². The Morgan fingerprint density at radius 2 is 1.94 bits per heavy atom. The van der Waals surface area contributed by atoms with E-state index in [9.17, 15) is 0 Å². The van der Waals surface area contributed by atoms with Crippen LogP contribution in [0.4, 0.5) is 0 Å². The Morgan fingerprint density at radius 3 is 2.62 bits per heavy atom. The maximum Gasteiger partial charge on any atom is 0.126 e. The van der Waals surface area contributed by atoms with Gasteiger partial charge in [-0.1, -0.05) is 24.8 Å². The lowest BCUT2D eigenvalue weighted by Gasteiger charge is -2.55. The van der Waals surface area contributed by atoms with Gasteiger partial charge in [-0.2, -0.15) is 0 Å². The molecular weight excluding hydrogens is 200 g/mol. The topological polar surface area (TPSA) is 18.5 Å². The zero-order valence-electron chi connectivity index (χ0n) is 9.69. The second-order valence-electron chi connectivity index (χ2n) is 4.72. The fourth-order valence-electron chi connectivity index (χ4n) is 2.91. The molecule has 16 heavy (non-hydrogen) atoms. The average Bonchev–Trinajstić information content (AvgIpc) is 2.30. The van der Waals surface area contributed by atoms with Crippen LogP contribution in [0.1, 0.15) is 19.4 Å². The fraction of sp³-hybridized carbons (Fsp3) is 0.429. The van der Waals surface area contributed by atoms with Crippen molar-refractivity contribution < 1.29 is 9.47 Å². The summed E-state index contributed by atoms with van der Waals surface area (Å²) < 4.78 is 11.5. The molecular formula is C14H16O2. The van der Waals surface area contributed by atoms with Crippen molar-refractivity contribution in [1.82, 2.24) is 0 Å². The minimum atomic E-state index is -0.0195. The Balaban J connectivity index is 2.08. The average molecular weight is 216 g/mol. The second-order valence-corrected chi connectivity index (χ2v) is 4.72. The van der Waals surface area contributed by atoms with Crippen molar-refractivity contribution in [2.75, 3.05) is 6.61 Å². The lowest BCUT2D eigenvalue weighted by Crippen LogP contribution is -2.61. The van der Waals surface area contributed by atoms with Gasteiger partial charge in [0.15, 0.2) is 0 Å². The van der Waals surface area contributed by atoms with Gasteiger partial charge >= 0.3 is 0 Å². The normalized spacial score (nSPS) is 36.5. The van der Waals surface area contributed by atoms with Crippen LogP contribution in [-0.4, -0.2) is 18.8 Å². The molecule has 2 heterocycles. The molecule has 1 saturated heterocycles. The van der Waals surface area contributed by atoms with Gasteiger partial charge in [-0.05, 0) is 25.5 Å². The zero-order valence-corrected chi connectivity index (χ0v) is 9.69. The summed E-state index contributed by atoms with van der Waals surface area (Å²) in [6.07, 6.45) is 0.395. The van der Waals surface area contributed by atoms with Gasteiger partial charge in [-0.25, -0.2) is 0 Å². The molecule has 2 atom stereocenters. The molecule has 0 aromatic heterocycles. The van der Waals surface area contributed by atoms with Crippen LogP contribution in [-0.2, 0) is 4.74 Å². The summed E-state index contributed by atoms with van der Waals surface area (Å²) >= 11 is 0. The minimum absolute atomic E-state index is 0.0195. The third kappa shape index (κ3) is 1.00. The second kappa shape index (κ2) is 3.11. The standard InChI is InChI=1S/C14H16O2/c1-9-12-6-4-5-7-13(12)15-8-14(9)10(2)16-11(14)3/h4-7,10-11H,1,8H2,2-3H3. The van der Waals surface area contributed by atoms with Crippen LogP contribution in [0.25, 0.3) is 5.57 Å². The molecule has 1 aromatic rings. The van der Waals surface area contributed by atoms with Crippen LogP contribution in [0.15, 0.2) is 30.8 Å². The molecule has 0 radical (unpaired) electrons. The number of ether oxygens (including phenoxy) is 2. The van der Waals surface area contributed by atoms with E-state index in [1.165, 1.54) is 5.57 Å². The van der Waals surface area contributed by atoms with Gasteiger partial charge in [0.1, 0.15) is 12.4 Å². The van der Waals surface area contributed by atoms with Crippen LogP contribution in [0, 0.1) is 5.41 Å². The highest BCUT2D eigenvalue weighted by Crippen LogP contribution is 2.54. The van der Waals surface area contributed by atoms with E-state index in [1.54, 1.807) is 0 Å². The molecule has 0 bridgehead atoms. The molecule has 2 unspecified atom stereocenters. The van der Waals surface area contributed by atoms with Crippen molar-refractivity contribution in [3.8, 4) is 5.75 Å². The lowest BCUT2D eigenvalue weighted by atomic mass is 9.65. The van der Waals surface area contributed by atoms with E-state index in [0.717, 1.165) is 11.3 Å². The molecule has 2 aliphatic heterocycles. The number of benzene rings is 1. The third-order valence-electron chi connectivity index (χ3n) is 4.10. The predicted molar refractivity (Wildman–Crippen MR) is 63.4 cm³/mol. The summed E-state index contributed by atoms with van der Waals surface area (Å²) in [5.41, 5.74) is 2.28. The summed E-state index contributed by atoms with van der Waals surface area (Å²) in [5.74, 6) is 0.949. The van der Waals surface area contributed by atoms with Gasteiger partial charge in [0.25, 0.3) is 0 Å². The number of fused-ring (bicyclic) bond motifs is 1. The Hall–Kier alpha value is -1.28. The van der Waals surface area contributed by atoms with E-state index in [4.69, 9.17) is 9.47 Å². The smallest absolute Gasteiger partial charge is 0.126 e. The zero-order chi connectivity index (χ0) is 11.3. The highest BCUT2D eigenvalue weighted by Gasteiger charge is 2.56. The first-order valence-corrected chi connectivity index (χ1v) is 5.73. The van der Waals surface area contributed by atoms with E-state index in [2.05, 4.69) is 26.5 Å². The van der Waals surface area contributed by atoms with Crippen LogP contribution in [0.2, 0.25) is 0 Å². The molecule has 2 aliphatic rings. The SMILES string of the molecule is C=C1c2ccccc2OCC12C(C)OC2C. The van der Waals surface area contributed by atoms with Gasteiger partial charge in [0.05, 0.1) is 17.6 Å². The first-order valence-electron chi connectivity index (χ1n) is 5.73. The molecule has 0 N–H and O–H groups in total. The number of rotatable bonds is 0. The molecule has 0 aliphatic carbocycles. The largest absolute Gasteiger partial charge is 0.492 e. The molecule has 0 saturated carbocycles. The summed E-state index contributed by atoms with van der Waals surface area (Å²) in [6, 6.07) is 8.11. The van der Waals surface area contributed by atoms with Crippen LogP contribution < -0.4 is 4.74 Å². The highest BCUT2D eigenvalue weighted by atomic mass is 16.5. The van der Waals surface area contributed by atoms with Gasteiger partial charge in [0, 0.05) is 5.56 Å². The Labute approximate surface area is 95.9 Å². The number of hydrogen-bond donors (Lipinski definition) is 0. The first-order chi connectivity index (χ1) is 7.66. The lowest BCUT2D eigenvalue weighted by molar-refractivity contribution is -0.216. The summed E-state index contributed by atoms with van der Waals surface area (Å²) in [5, 5.41) is 0. The molecule has 1 spiro atoms. The summed E-state index contributed by atoms with van der Waals surface area (Å²) in [7, 11) is 0. The maximum absolute atomic E-state index is 5.85. The van der Waals surface area contributed by atoms with Crippen LogP contribution >= 0.6 is 0 Å². The molecule has 1 aromatic carbocycles. The summed E-state index contributed by atoms with van der Waals surface area (Å²) in [4.78, 5) is 0. The van der Waals surface area contributed by atoms with Gasteiger partial charge in [-0.3, -0.25) is 0 Å². The Kier molecular flexibility index (Phi) is 1.93. The number of hydrogen-bond acceptors (Lipinski definition) is 2. The van der Waals surface area contributed by atoms with E-state index in [1.807, 2.05) is 18.2 Å². The molecule has 3 rings (SSSR count). The molecule has 0 amide bonds. The Morgan fingerprint density at radius 1 is 1.25 bits per heavy atom. The fourth-order valence-corrected chi connectivity index (χ4v) is 2.91. The van der Waals surface area contributed by atoms with Crippen LogP contribution in [0.5, 0.6) is 5.75 Å². The quantitative estimate of drug-likeness (QED) is 0.664.